The molecule has 0 saturated carbocycles. The molecule has 3 aromatic heterocycles. The van der Waals surface area contributed by atoms with Crippen LogP contribution in [0, 0.1) is 19.4 Å². The molecule has 3 aromatic carbocycles. The Morgan fingerprint density at radius 1 is 0.968 bits per heavy atom. The number of aromatic nitrogens is 2. The van der Waals surface area contributed by atoms with Gasteiger partial charge in [-0.1, -0.05) is 44.2 Å². The fourth-order valence-corrected chi connectivity index (χ4v) is 5.42. The average molecular weight is 403 g/mol. The first-order chi connectivity index (χ1) is 15.0. The maximum atomic E-state index is 7.55. The van der Waals surface area contributed by atoms with Crippen molar-refractivity contribution in [3.05, 3.63) is 77.3 Å². The highest BCUT2D eigenvalue weighted by Gasteiger charge is 2.24. The van der Waals surface area contributed by atoms with Crippen molar-refractivity contribution in [2.24, 2.45) is 13.0 Å². The second-order valence-electron chi connectivity index (χ2n) is 9.25. The standard InChI is InChI=1S/C28H24N3/c1-16(2)12-18-13-19-10-11-30(5)28-25-17(3)6-8-22-21-9-7-20(29-4)15-23(21)31(27(22)25)24(14-18)26(19)28/h6-11,13-16H,12H2,1-3,5H3/q+1. The van der Waals surface area contributed by atoms with E-state index in [0.717, 1.165) is 11.9 Å². The number of fused-ring (bicyclic) bond motifs is 5. The Balaban J connectivity index is 2.00. The van der Waals surface area contributed by atoms with Crippen molar-refractivity contribution in [3.63, 3.8) is 0 Å². The molecule has 150 valence electrons. The van der Waals surface area contributed by atoms with Crippen LogP contribution in [0.15, 0.2) is 54.7 Å². The van der Waals surface area contributed by atoms with Gasteiger partial charge < -0.3 is 4.40 Å². The average Bonchev–Trinajstić information content (AvgIpc) is 3.07. The van der Waals surface area contributed by atoms with Crippen LogP contribution in [0.4, 0.5) is 5.69 Å². The van der Waals surface area contributed by atoms with Crippen LogP contribution in [-0.4, -0.2) is 4.40 Å². The second-order valence-corrected chi connectivity index (χ2v) is 9.25. The Kier molecular flexibility index (Phi) is 3.62. The minimum atomic E-state index is 0.595. The topological polar surface area (TPSA) is 12.6 Å². The quantitative estimate of drug-likeness (QED) is 0.130. The van der Waals surface area contributed by atoms with Crippen molar-refractivity contribution in [3.8, 4) is 0 Å². The van der Waals surface area contributed by atoms with Crippen LogP contribution in [0.2, 0.25) is 0 Å². The fourth-order valence-electron chi connectivity index (χ4n) is 5.42. The monoisotopic (exact) mass is 402 g/mol. The van der Waals surface area contributed by atoms with Gasteiger partial charge in [0.15, 0.2) is 11.9 Å². The molecule has 0 amide bonds. The molecule has 0 aliphatic heterocycles. The van der Waals surface area contributed by atoms with Crippen LogP contribution in [0.3, 0.4) is 0 Å². The number of hydrogen-bond donors (Lipinski definition) is 0. The van der Waals surface area contributed by atoms with Gasteiger partial charge in [0.2, 0.25) is 5.52 Å². The maximum absolute atomic E-state index is 7.55. The third kappa shape index (κ3) is 2.36. The summed E-state index contributed by atoms with van der Waals surface area (Å²) in [7, 11) is 2.15. The van der Waals surface area contributed by atoms with Crippen LogP contribution in [-0.2, 0) is 13.5 Å². The molecule has 6 aromatic rings. The molecule has 3 heteroatoms. The molecule has 0 saturated heterocycles. The molecule has 0 atom stereocenters. The summed E-state index contributed by atoms with van der Waals surface area (Å²) in [6, 6.07) is 17.6. The van der Waals surface area contributed by atoms with E-state index in [1.807, 2.05) is 6.07 Å². The summed E-state index contributed by atoms with van der Waals surface area (Å²) < 4.78 is 4.68. The second kappa shape index (κ2) is 6.18. The highest BCUT2D eigenvalue weighted by atomic mass is 15.0. The normalized spacial score (nSPS) is 12.3. The van der Waals surface area contributed by atoms with Crippen LogP contribution in [0.5, 0.6) is 0 Å². The molecule has 3 heterocycles. The number of benzene rings is 3. The van der Waals surface area contributed by atoms with E-state index in [1.54, 1.807) is 0 Å². The predicted octanol–water partition coefficient (Wildman–Crippen LogP) is 6.87. The molecule has 6 rings (SSSR count). The van der Waals surface area contributed by atoms with Crippen molar-refractivity contribution < 1.29 is 4.57 Å². The summed E-state index contributed by atoms with van der Waals surface area (Å²) in [5.41, 5.74) is 8.23. The summed E-state index contributed by atoms with van der Waals surface area (Å²) in [5.74, 6) is 0.595. The lowest BCUT2D eigenvalue weighted by atomic mass is 9.96. The zero-order chi connectivity index (χ0) is 21.4. The van der Waals surface area contributed by atoms with Gasteiger partial charge in [0.1, 0.15) is 7.05 Å². The third-order valence-electron chi connectivity index (χ3n) is 6.65. The zero-order valence-corrected chi connectivity index (χ0v) is 18.3. The molecule has 0 fully saturated rings. The predicted molar refractivity (Wildman–Crippen MR) is 129 cm³/mol. The van der Waals surface area contributed by atoms with Gasteiger partial charge in [0.25, 0.3) is 0 Å². The molecular weight excluding hydrogens is 378 g/mol. The van der Waals surface area contributed by atoms with E-state index in [4.69, 9.17) is 6.57 Å². The Labute approximate surface area is 181 Å². The molecule has 31 heavy (non-hydrogen) atoms. The third-order valence-corrected chi connectivity index (χ3v) is 6.65. The zero-order valence-electron chi connectivity index (χ0n) is 18.3. The van der Waals surface area contributed by atoms with Gasteiger partial charge in [0.05, 0.1) is 28.4 Å². The molecule has 3 nitrogen and oxygen atoms in total. The van der Waals surface area contributed by atoms with Gasteiger partial charge in [-0.05, 0) is 47.9 Å². The van der Waals surface area contributed by atoms with Gasteiger partial charge in [0, 0.05) is 22.4 Å². The van der Waals surface area contributed by atoms with Crippen molar-refractivity contribution in [1.82, 2.24) is 4.40 Å². The molecule has 0 bridgehead atoms. The Hall–Kier alpha value is -3.64. The number of pyridine rings is 2. The minimum Gasteiger partial charge on any atom is -0.309 e. The van der Waals surface area contributed by atoms with E-state index in [0.29, 0.717) is 11.6 Å². The first-order valence-corrected chi connectivity index (χ1v) is 10.9. The highest BCUT2D eigenvalue weighted by molar-refractivity contribution is 6.26. The Morgan fingerprint density at radius 2 is 1.77 bits per heavy atom. The molecule has 0 spiro atoms. The van der Waals surface area contributed by atoms with Crippen LogP contribution >= 0.6 is 0 Å². The van der Waals surface area contributed by atoms with Crippen molar-refractivity contribution in [2.45, 2.75) is 27.2 Å². The largest absolute Gasteiger partial charge is 0.309 e. The molecular formula is C28H24N3+. The number of rotatable bonds is 2. The van der Waals surface area contributed by atoms with Gasteiger partial charge in [-0.2, -0.15) is 0 Å². The highest BCUT2D eigenvalue weighted by Crippen LogP contribution is 2.41. The van der Waals surface area contributed by atoms with Gasteiger partial charge in [-0.25, -0.2) is 9.41 Å². The lowest BCUT2D eigenvalue weighted by Gasteiger charge is -2.15. The first kappa shape index (κ1) is 18.2. The van der Waals surface area contributed by atoms with Crippen LogP contribution in [0.25, 0.3) is 53.8 Å². The van der Waals surface area contributed by atoms with Crippen molar-refractivity contribution in [1.29, 1.82) is 0 Å². The molecule has 0 aliphatic rings. The molecule has 0 unspecified atom stereocenters. The van der Waals surface area contributed by atoms with E-state index >= 15 is 0 Å². The lowest BCUT2D eigenvalue weighted by Crippen LogP contribution is -2.29. The van der Waals surface area contributed by atoms with Gasteiger partial charge in [-0.15, -0.1) is 0 Å². The Morgan fingerprint density at radius 3 is 2.55 bits per heavy atom. The maximum Gasteiger partial charge on any atom is 0.224 e. The summed E-state index contributed by atoms with van der Waals surface area (Å²) in [5, 5.41) is 6.35. The van der Waals surface area contributed by atoms with Gasteiger partial charge >= 0.3 is 0 Å². The van der Waals surface area contributed by atoms with E-state index < -0.39 is 0 Å². The van der Waals surface area contributed by atoms with Crippen molar-refractivity contribution in [2.75, 3.05) is 0 Å². The van der Waals surface area contributed by atoms with E-state index in [-0.39, 0.29) is 0 Å². The van der Waals surface area contributed by atoms with Gasteiger partial charge in [-0.3, -0.25) is 0 Å². The van der Waals surface area contributed by atoms with E-state index in [1.165, 1.54) is 54.6 Å². The summed E-state index contributed by atoms with van der Waals surface area (Å²) in [6.07, 6.45) is 3.24. The fraction of sp³-hybridized carbons (Fsp3) is 0.214. The van der Waals surface area contributed by atoms with Crippen molar-refractivity contribution >= 4 is 54.7 Å². The SMILES string of the molecule is [C-]#[N+]c1ccc2c3ccc(C)c4c3n(c2c1)c1cc(CC(C)C)cc2cc[n+](C)c4c21. The summed E-state index contributed by atoms with van der Waals surface area (Å²) in [4.78, 5) is 3.72. The van der Waals surface area contributed by atoms with Crippen LogP contribution < -0.4 is 4.57 Å². The lowest BCUT2D eigenvalue weighted by molar-refractivity contribution is -0.643. The molecule has 0 radical (unpaired) electrons. The first-order valence-electron chi connectivity index (χ1n) is 10.9. The molecule has 0 N–H and O–H groups in total. The Bertz CT molecular complexity index is 1710. The number of hydrogen-bond acceptors (Lipinski definition) is 0. The number of nitrogens with zero attached hydrogens (tertiary/aromatic N) is 3. The van der Waals surface area contributed by atoms with E-state index in [9.17, 15) is 0 Å². The smallest absolute Gasteiger partial charge is 0.224 e. The molecule has 0 aliphatic carbocycles. The summed E-state index contributed by atoms with van der Waals surface area (Å²) >= 11 is 0. The van der Waals surface area contributed by atoms with E-state index in [2.05, 4.69) is 90.3 Å². The van der Waals surface area contributed by atoms with Crippen LogP contribution in [0.1, 0.15) is 25.0 Å². The summed E-state index contributed by atoms with van der Waals surface area (Å²) in [6.45, 7) is 14.3. The minimum absolute atomic E-state index is 0.595. The number of aryl methyl sites for hydroxylation is 2.